The molecule has 0 spiro atoms. The molecule has 5 heteroatoms. The minimum Gasteiger partial charge on any atom is -0.342 e. The van der Waals surface area contributed by atoms with Crippen LogP contribution in [0, 0.1) is 5.92 Å². The van der Waals surface area contributed by atoms with Gasteiger partial charge >= 0.3 is 0 Å². The maximum atomic E-state index is 12.8. The van der Waals surface area contributed by atoms with Gasteiger partial charge in [-0.05, 0) is 49.6 Å². The first-order valence-electron chi connectivity index (χ1n) is 7.43. The van der Waals surface area contributed by atoms with Crippen molar-refractivity contribution in [3.05, 3.63) is 24.3 Å². The zero-order valence-corrected chi connectivity index (χ0v) is 13.2. The Labute approximate surface area is 129 Å². The van der Waals surface area contributed by atoms with Crippen LogP contribution < -0.4 is 10.2 Å². The molecular weight excluding hydrogens is 284 g/mol. The summed E-state index contributed by atoms with van der Waals surface area (Å²) in [4.78, 5) is 28.0. The van der Waals surface area contributed by atoms with Crippen molar-refractivity contribution in [2.45, 2.75) is 43.2 Å². The zero-order chi connectivity index (χ0) is 15.0. The standard InChI is InChI=1S/C16H20N2O2S/c1-3-13-15(19)17-14(10-7-8-10)16(20)18(13)11-5-4-6-12(9-11)21-2/h4-6,9-10,13-14H,3,7-8H2,1-2H3,(H,17,19). The van der Waals surface area contributed by atoms with E-state index < -0.39 is 6.04 Å². The van der Waals surface area contributed by atoms with Crippen molar-refractivity contribution >= 4 is 29.3 Å². The highest BCUT2D eigenvalue weighted by Gasteiger charge is 2.46. The average Bonchev–Trinajstić information content (AvgIpc) is 3.33. The van der Waals surface area contributed by atoms with Gasteiger partial charge in [-0.15, -0.1) is 11.8 Å². The maximum Gasteiger partial charge on any atom is 0.250 e. The van der Waals surface area contributed by atoms with Crippen molar-refractivity contribution in [3.63, 3.8) is 0 Å². The van der Waals surface area contributed by atoms with E-state index in [1.54, 1.807) is 16.7 Å². The van der Waals surface area contributed by atoms with Crippen LogP contribution in [0.25, 0.3) is 0 Å². The molecule has 21 heavy (non-hydrogen) atoms. The van der Waals surface area contributed by atoms with E-state index in [4.69, 9.17) is 0 Å². The lowest BCUT2D eigenvalue weighted by Crippen LogP contribution is -2.64. The fourth-order valence-corrected chi connectivity index (χ4v) is 3.37. The van der Waals surface area contributed by atoms with E-state index in [-0.39, 0.29) is 17.9 Å². The smallest absolute Gasteiger partial charge is 0.250 e. The minimum absolute atomic E-state index is 0.0245. The summed E-state index contributed by atoms with van der Waals surface area (Å²) >= 11 is 1.64. The van der Waals surface area contributed by atoms with Crippen molar-refractivity contribution in [2.75, 3.05) is 11.2 Å². The lowest BCUT2D eigenvalue weighted by atomic mass is 10.0. The molecule has 1 aliphatic carbocycles. The van der Waals surface area contributed by atoms with Crippen LogP contribution in [0.3, 0.4) is 0 Å². The second-order valence-corrected chi connectivity index (χ2v) is 6.54. The second-order valence-electron chi connectivity index (χ2n) is 5.66. The van der Waals surface area contributed by atoms with E-state index in [1.165, 1.54) is 0 Å². The predicted molar refractivity (Wildman–Crippen MR) is 84.4 cm³/mol. The number of rotatable bonds is 4. The highest BCUT2D eigenvalue weighted by Crippen LogP contribution is 2.37. The Morgan fingerprint density at radius 1 is 1.33 bits per heavy atom. The van der Waals surface area contributed by atoms with Crippen LogP contribution in [-0.2, 0) is 9.59 Å². The van der Waals surface area contributed by atoms with Gasteiger partial charge in [-0.1, -0.05) is 13.0 Å². The summed E-state index contributed by atoms with van der Waals surface area (Å²) in [6.07, 6.45) is 4.70. The van der Waals surface area contributed by atoms with Gasteiger partial charge in [0.05, 0.1) is 0 Å². The van der Waals surface area contributed by atoms with Crippen molar-refractivity contribution in [3.8, 4) is 0 Å². The number of carbonyl (C=O) groups excluding carboxylic acids is 2. The third-order valence-corrected chi connectivity index (χ3v) is 4.95. The third kappa shape index (κ3) is 2.67. The number of amides is 2. The van der Waals surface area contributed by atoms with Gasteiger partial charge in [-0.2, -0.15) is 0 Å². The minimum atomic E-state index is -0.399. The number of nitrogens with zero attached hydrogens (tertiary/aromatic N) is 1. The Kier molecular flexibility index (Phi) is 3.93. The molecule has 3 rings (SSSR count). The highest BCUT2D eigenvalue weighted by atomic mass is 32.2. The quantitative estimate of drug-likeness (QED) is 0.869. The lowest BCUT2D eigenvalue weighted by molar-refractivity contribution is -0.134. The van der Waals surface area contributed by atoms with Gasteiger partial charge in [0.1, 0.15) is 12.1 Å². The van der Waals surface area contributed by atoms with E-state index in [1.807, 2.05) is 37.4 Å². The Balaban J connectivity index is 1.97. The molecule has 2 atom stereocenters. The van der Waals surface area contributed by atoms with E-state index in [9.17, 15) is 9.59 Å². The molecule has 1 aromatic carbocycles. The van der Waals surface area contributed by atoms with E-state index in [0.717, 1.165) is 23.4 Å². The second kappa shape index (κ2) is 5.72. The van der Waals surface area contributed by atoms with Gasteiger partial charge in [0, 0.05) is 10.6 Å². The molecule has 112 valence electrons. The van der Waals surface area contributed by atoms with Gasteiger partial charge in [0.2, 0.25) is 5.91 Å². The number of hydrogen-bond donors (Lipinski definition) is 1. The fraction of sp³-hybridized carbons (Fsp3) is 0.500. The molecule has 4 nitrogen and oxygen atoms in total. The van der Waals surface area contributed by atoms with Crippen molar-refractivity contribution in [1.82, 2.24) is 5.32 Å². The monoisotopic (exact) mass is 304 g/mol. The summed E-state index contributed by atoms with van der Waals surface area (Å²) in [5.74, 6) is 0.344. The van der Waals surface area contributed by atoms with Crippen LogP contribution in [0.2, 0.25) is 0 Å². The van der Waals surface area contributed by atoms with Crippen molar-refractivity contribution in [2.24, 2.45) is 5.92 Å². The summed E-state index contributed by atoms with van der Waals surface area (Å²) in [7, 11) is 0. The normalized spacial score (nSPS) is 25.9. The van der Waals surface area contributed by atoms with Crippen LogP contribution in [0.1, 0.15) is 26.2 Å². The van der Waals surface area contributed by atoms with E-state index in [0.29, 0.717) is 12.3 Å². The van der Waals surface area contributed by atoms with Crippen molar-refractivity contribution in [1.29, 1.82) is 0 Å². The number of nitrogens with one attached hydrogen (secondary N) is 1. The number of thioether (sulfide) groups is 1. The highest BCUT2D eigenvalue weighted by molar-refractivity contribution is 7.98. The first kappa shape index (κ1) is 14.4. The molecule has 1 N–H and O–H groups in total. The van der Waals surface area contributed by atoms with Gasteiger partial charge in [0.25, 0.3) is 5.91 Å². The number of piperazine rings is 1. The number of anilines is 1. The molecule has 2 unspecified atom stereocenters. The Morgan fingerprint density at radius 3 is 2.71 bits per heavy atom. The number of benzene rings is 1. The first-order valence-corrected chi connectivity index (χ1v) is 8.65. The van der Waals surface area contributed by atoms with Crippen LogP contribution >= 0.6 is 11.8 Å². The van der Waals surface area contributed by atoms with Crippen LogP contribution in [0.15, 0.2) is 29.2 Å². The maximum absolute atomic E-state index is 12.8. The Hall–Kier alpha value is -1.49. The van der Waals surface area contributed by atoms with Gasteiger partial charge in [-0.3, -0.25) is 14.5 Å². The molecule has 1 saturated heterocycles. The van der Waals surface area contributed by atoms with Crippen LogP contribution in [-0.4, -0.2) is 30.2 Å². The predicted octanol–water partition coefficient (Wildman–Crippen LogP) is 2.43. The average molecular weight is 304 g/mol. The summed E-state index contributed by atoms with van der Waals surface area (Å²) in [6, 6.07) is 7.14. The van der Waals surface area contributed by atoms with Crippen LogP contribution in [0.5, 0.6) is 0 Å². The fourth-order valence-electron chi connectivity index (χ4n) is 2.92. The Bertz CT molecular complexity index is 571. The molecule has 0 radical (unpaired) electrons. The lowest BCUT2D eigenvalue weighted by Gasteiger charge is -2.39. The first-order chi connectivity index (χ1) is 10.2. The SMILES string of the molecule is CCC1C(=O)NC(C2CC2)C(=O)N1c1cccc(SC)c1. The molecule has 1 aromatic rings. The molecule has 2 fully saturated rings. The summed E-state index contributed by atoms with van der Waals surface area (Å²) in [5.41, 5.74) is 0.833. The van der Waals surface area contributed by atoms with Crippen LogP contribution in [0.4, 0.5) is 5.69 Å². The third-order valence-electron chi connectivity index (χ3n) is 4.23. The molecule has 2 amide bonds. The molecule has 1 heterocycles. The van der Waals surface area contributed by atoms with Crippen molar-refractivity contribution < 1.29 is 9.59 Å². The van der Waals surface area contributed by atoms with Gasteiger partial charge in [0.15, 0.2) is 0 Å². The molecule has 0 bridgehead atoms. The van der Waals surface area contributed by atoms with Gasteiger partial charge < -0.3 is 5.32 Å². The number of hydrogen-bond acceptors (Lipinski definition) is 3. The summed E-state index contributed by atoms with van der Waals surface area (Å²) < 4.78 is 0. The molecule has 0 aromatic heterocycles. The summed E-state index contributed by atoms with van der Waals surface area (Å²) in [5, 5.41) is 2.92. The molecule has 1 aliphatic heterocycles. The molecule has 2 aliphatic rings. The number of carbonyl (C=O) groups is 2. The topological polar surface area (TPSA) is 49.4 Å². The molecular formula is C16H20N2O2S. The largest absolute Gasteiger partial charge is 0.342 e. The Morgan fingerprint density at radius 2 is 2.10 bits per heavy atom. The zero-order valence-electron chi connectivity index (χ0n) is 12.3. The summed E-state index contributed by atoms with van der Waals surface area (Å²) in [6.45, 7) is 1.94. The molecule has 1 saturated carbocycles. The van der Waals surface area contributed by atoms with E-state index >= 15 is 0 Å². The van der Waals surface area contributed by atoms with Gasteiger partial charge in [-0.25, -0.2) is 0 Å². The van der Waals surface area contributed by atoms with E-state index in [2.05, 4.69) is 5.32 Å².